The highest BCUT2D eigenvalue weighted by Crippen LogP contribution is 2.29. The van der Waals surface area contributed by atoms with Crippen LogP contribution in [0.1, 0.15) is 39.2 Å². The van der Waals surface area contributed by atoms with Gasteiger partial charge in [0.15, 0.2) is 0 Å². The minimum atomic E-state index is 0.0612. The fourth-order valence-electron chi connectivity index (χ4n) is 2.56. The van der Waals surface area contributed by atoms with E-state index in [-0.39, 0.29) is 5.54 Å². The topological polar surface area (TPSA) is 35.8 Å². The van der Waals surface area contributed by atoms with Crippen molar-refractivity contribution in [1.82, 2.24) is 0 Å². The van der Waals surface area contributed by atoms with E-state index in [0.29, 0.717) is 0 Å². The lowest BCUT2D eigenvalue weighted by Crippen LogP contribution is -2.30. The molecule has 0 saturated heterocycles. The van der Waals surface area contributed by atoms with E-state index in [1.165, 1.54) is 0 Å². The van der Waals surface area contributed by atoms with Crippen LogP contribution in [0.5, 0.6) is 0 Å². The van der Waals surface area contributed by atoms with E-state index in [9.17, 15) is 5.26 Å². The maximum absolute atomic E-state index is 9.17. The summed E-state index contributed by atoms with van der Waals surface area (Å²) in [5.41, 5.74) is 1.90. The molecule has 0 radical (unpaired) electrons. The van der Waals surface area contributed by atoms with Crippen molar-refractivity contribution < 1.29 is 0 Å². The Morgan fingerprint density at radius 3 is 2.42 bits per heavy atom. The number of nitrogens with one attached hydrogen (secondary N) is 1. The number of hydrogen-bond donors (Lipinski definition) is 1. The van der Waals surface area contributed by atoms with E-state index in [1.807, 2.05) is 30.3 Å². The number of nitrogens with zero attached hydrogens (tertiary/aromatic N) is 1. The summed E-state index contributed by atoms with van der Waals surface area (Å²) in [4.78, 5) is 0. The first-order valence-corrected chi connectivity index (χ1v) is 6.77. The van der Waals surface area contributed by atoms with E-state index in [4.69, 9.17) is 0 Å². The Hall–Kier alpha value is -2.01. The summed E-state index contributed by atoms with van der Waals surface area (Å²) in [6.07, 6.45) is 2.26. The van der Waals surface area contributed by atoms with Crippen molar-refractivity contribution in [3.8, 4) is 6.07 Å². The monoisotopic (exact) mass is 252 g/mol. The van der Waals surface area contributed by atoms with E-state index in [2.05, 4.69) is 38.2 Å². The summed E-state index contributed by atoms with van der Waals surface area (Å²) in [6, 6.07) is 14.2. The Labute approximate surface area is 115 Å². The minimum absolute atomic E-state index is 0.0612. The molecule has 2 nitrogen and oxygen atoms in total. The molecule has 19 heavy (non-hydrogen) atoms. The third kappa shape index (κ3) is 2.88. The van der Waals surface area contributed by atoms with Crippen LogP contribution in [0.25, 0.3) is 10.8 Å². The molecule has 2 aromatic rings. The number of rotatable bonds is 4. The van der Waals surface area contributed by atoms with Gasteiger partial charge in [0.2, 0.25) is 0 Å². The third-order valence-electron chi connectivity index (χ3n) is 3.39. The average molecular weight is 252 g/mol. The van der Waals surface area contributed by atoms with Gasteiger partial charge in [0.05, 0.1) is 11.6 Å². The van der Waals surface area contributed by atoms with Crippen LogP contribution in [0.4, 0.5) is 5.69 Å². The van der Waals surface area contributed by atoms with Gasteiger partial charge in [-0.05, 0) is 32.4 Å². The lowest BCUT2D eigenvalue weighted by molar-refractivity contribution is 0.511. The predicted octanol–water partition coefficient (Wildman–Crippen LogP) is 4.70. The summed E-state index contributed by atoms with van der Waals surface area (Å²) < 4.78 is 0. The highest BCUT2D eigenvalue weighted by Gasteiger charge is 2.17. The van der Waals surface area contributed by atoms with Crippen molar-refractivity contribution in [2.45, 2.75) is 39.2 Å². The number of nitriles is 1. The first-order chi connectivity index (χ1) is 9.07. The van der Waals surface area contributed by atoms with Gasteiger partial charge in [-0.25, -0.2) is 0 Å². The smallest absolute Gasteiger partial charge is 0.0998 e. The van der Waals surface area contributed by atoms with Crippen LogP contribution in [0, 0.1) is 11.3 Å². The molecule has 2 heteroatoms. The Balaban J connectivity index is 2.49. The van der Waals surface area contributed by atoms with E-state index >= 15 is 0 Å². The zero-order chi connectivity index (χ0) is 13.9. The highest BCUT2D eigenvalue weighted by atomic mass is 15.0. The van der Waals surface area contributed by atoms with E-state index < -0.39 is 0 Å². The highest BCUT2D eigenvalue weighted by molar-refractivity contribution is 5.97. The number of fused-ring (bicyclic) bond motifs is 1. The standard InChI is InChI=1S/C17H20N2/c1-4-11-17(2,3)19-16-10-9-13(12-18)14-7-5-6-8-15(14)16/h5-10,19H,4,11H2,1-3H3. The average Bonchev–Trinajstić information content (AvgIpc) is 2.39. The van der Waals surface area contributed by atoms with E-state index in [0.717, 1.165) is 34.9 Å². The molecule has 0 saturated carbocycles. The van der Waals surface area contributed by atoms with Gasteiger partial charge in [0, 0.05) is 22.0 Å². The molecular weight excluding hydrogens is 232 g/mol. The second-order valence-electron chi connectivity index (χ2n) is 5.58. The molecule has 0 aliphatic heterocycles. The fourth-order valence-corrected chi connectivity index (χ4v) is 2.56. The zero-order valence-corrected chi connectivity index (χ0v) is 11.8. The van der Waals surface area contributed by atoms with Gasteiger partial charge in [-0.3, -0.25) is 0 Å². The van der Waals surface area contributed by atoms with Crippen molar-refractivity contribution in [3.05, 3.63) is 42.0 Å². The van der Waals surface area contributed by atoms with Gasteiger partial charge in [-0.15, -0.1) is 0 Å². The molecule has 0 unspecified atom stereocenters. The molecule has 2 rings (SSSR count). The van der Waals surface area contributed by atoms with Gasteiger partial charge in [0.25, 0.3) is 0 Å². The van der Waals surface area contributed by atoms with Crippen molar-refractivity contribution in [1.29, 1.82) is 5.26 Å². The van der Waals surface area contributed by atoms with Gasteiger partial charge in [-0.1, -0.05) is 37.6 Å². The van der Waals surface area contributed by atoms with Crippen LogP contribution in [-0.4, -0.2) is 5.54 Å². The lowest BCUT2D eigenvalue weighted by Gasteiger charge is -2.28. The molecule has 98 valence electrons. The third-order valence-corrected chi connectivity index (χ3v) is 3.39. The molecule has 0 amide bonds. The van der Waals surface area contributed by atoms with Crippen LogP contribution in [0.15, 0.2) is 36.4 Å². The van der Waals surface area contributed by atoms with Crippen LogP contribution in [0.2, 0.25) is 0 Å². The van der Waals surface area contributed by atoms with Crippen LogP contribution >= 0.6 is 0 Å². The molecule has 0 spiro atoms. The van der Waals surface area contributed by atoms with Gasteiger partial charge >= 0.3 is 0 Å². The zero-order valence-electron chi connectivity index (χ0n) is 11.8. The Morgan fingerprint density at radius 1 is 1.11 bits per heavy atom. The van der Waals surface area contributed by atoms with Gasteiger partial charge in [0.1, 0.15) is 0 Å². The molecule has 0 fully saturated rings. The molecular formula is C17H20N2. The maximum Gasteiger partial charge on any atom is 0.0998 e. The molecule has 0 atom stereocenters. The molecule has 2 aromatic carbocycles. The molecule has 0 bridgehead atoms. The Kier molecular flexibility index (Phi) is 3.76. The van der Waals surface area contributed by atoms with Crippen molar-refractivity contribution in [2.75, 3.05) is 5.32 Å². The quantitative estimate of drug-likeness (QED) is 0.856. The Bertz CT molecular complexity index is 621. The summed E-state index contributed by atoms with van der Waals surface area (Å²) >= 11 is 0. The van der Waals surface area contributed by atoms with Gasteiger partial charge < -0.3 is 5.32 Å². The Morgan fingerprint density at radius 2 is 1.79 bits per heavy atom. The second kappa shape index (κ2) is 5.32. The van der Waals surface area contributed by atoms with Crippen LogP contribution in [0.3, 0.4) is 0 Å². The van der Waals surface area contributed by atoms with Crippen molar-refractivity contribution in [3.63, 3.8) is 0 Å². The summed E-state index contributed by atoms with van der Waals surface area (Å²) in [5.74, 6) is 0. The molecule has 0 aliphatic carbocycles. The summed E-state index contributed by atoms with van der Waals surface area (Å²) in [7, 11) is 0. The first-order valence-electron chi connectivity index (χ1n) is 6.77. The number of hydrogen-bond acceptors (Lipinski definition) is 2. The number of benzene rings is 2. The molecule has 0 aromatic heterocycles. The van der Waals surface area contributed by atoms with Crippen LogP contribution < -0.4 is 5.32 Å². The summed E-state index contributed by atoms with van der Waals surface area (Å²) in [6.45, 7) is 6.62. The van der Waals surface area contributed by atoms with E-state index in [1.54, 1.807) is 0 Å². The SMILES string of the molecule is CCCC(C)(C)Nc1ccc(C#N)c2ccccc12. The van der Waals surface area contributed by atoms with Crippen molar-refractivity contribution in [2.24, 2.45) is 0 Å². The minimum Gasteiger partial charge on any atom is -0.380 e. The van der Waals surface area contributed by atoms with Crippen molar-refractivity contribution >= 4 is 16.5 Å². The maximum atomic E-state index is 9.17. The van der Waals surface area contributed by atoms with Gasteiger partial charge in [-0.2, -0.15) is 5.26 Å². The second-order valence-corrected chi connectivity index (χ2v) is 5.58. The molecule has 0 heterocycles. The lowest BCUT2D eigenvalue weighted by atomic mass is 9.96. The molecule has 1 N–H and O–H groups in total. The summed E-state index contributed by atoms with van der Waals surface area (Å²) in [5, 5.41) is 14.9. The van der Waals surface area contributed by atoms with Crippen LogP contribution in [-0.2, 0) is 0 Å². The fraction of sp³-hybridized carbons (Fsp3) is 0.353. The number of anilines is 1. The largest absolute Gasteiger partial charge is 0.380 e. The predicted molar refractivity (Wildman–Crippen MR) is 81.3 cm³/mol. The molecule has 0 aliphatic rings. The normalized spacial score (nSPS) is 11.3. The first kappa shape index (κ1) is 13.4.